The zero-order chi connectivity index (χ0) is 15.2. The fourth-order valence-electron chi connectivity index (χ4n) is 2.00. The Balaban J connectivity index is 2.09. The maximum atomic E-state index is 11.2. The van der Waals surface area contributed by atoms with Crippen LogP contribution in [0.2, 0.25) is 0 Å². The van der Waals surface area contributed by atoms with Gasteiger partial charge >= 0.3 is 0 Å². The highest BCUT2D eigenvalue weighted by atomic mass is 16.5. The molecular weight excluding hydrogens is 264 g/mol. The van der Waals surface area contributed by atoms with Gasteiger partial charge in [0, 0.05) is 23.4 Å². The van der Waals surface area contributed by atoms with Crippen LogP contribution in [0.4, 0.5) is 5.69 Å². The van der Waals surface area contributed by atoms with Crippen LogP contribution in [0.5, 0.6) is 5.75 Å². The van der Waals surface area contributed by atoms with Crippen LogP contribution in [-0.4, -0.2) is 12.0 Å². The van der Waals surface area contributed by atoms with Gasteiger partial charge in [0.05, 0.1) is 6.10 Å². The third-order valence-corrected chi connectivity index (χ3v) is 2.97. The smallest absolute Gasteiger partial charge is 0.248 e. The number of para-hydroxylation sites is 1. The number of primary amides is 1. The Morgan fingerprint density at radius 3 is 2.67 bits per heavy atom. The number of rotatable bonds is 6. The zero-order valence-electron chi connectivity index (χ0n) is 12.3. The van der Waals surface area contributed by atoms with E-state index in [0.29, 0.717) is 12.1 Å². The minimum Gasteiger partial charge on any atom is -0.491 e. The standard InChI is InChI=1S/C17H20N2O2/c1-12(2)21-16-9-4-3-6-14(16)11-19-15-8-5-7-13(10-15)17(18)20/h3-10,12,19H,11H2,1-2H3,(H2,18,20). The molecule has 0 aliphatic rings. The Kier molecular flexibility index (Phi) is 4.82. The topological polar surface area (TPSA) is 64.3 Å². The van der Waals surface area contributed by atoms with Gasteiger partial charge in [-0.3, -0.25) is 4.79 Å². The number of anilines is 1. The quantitative estimate of drug-likeness (QED) is 0.856. The van der Waals surface area contributed by atoms with Crippen molar-refractivity contribution in [3.8, 4) is 5.75 Å². The molecule has 0 unspecified atom stereocenters. The van der Waals surface area contributed by atoms with Crippen LogP contribution in [0.25, 0.3) is 0 Å². The van der Waals surface area contributed by atoms with Crippen molar-refractivity contribution in [3.63, 3.8) is 0 Å². The summed E-state index contributed by atoms with van der Waals surface area (Å²) >= 11 is 0. The van der Waals surface area contributed by atoms with Crippen molar-refractivity contribution in [2.45, 2.75) is 26.5 Å². The van der Waals surface area contributed by atoms with Gasteiger partial charge in [-0.1, -0.05) is 24.3 Å². The minimum absolute atomic E-state index is 0.129. The molecule has 2 aromatic rings. The molecule has 4 heteroatoms. The maximum absolute atomic E-state index is 11.2. The first-order valence-corrected chi connectivity index (χ1v) is 6.94. The fraction of sp³-hybridized carbons (Fsp3) is 0.235. The molecule has 0 fully saturated rings. The highest BCUT2D eigenvalue weighted by molar-refractivity contribution is 5.93. The largest absolute Gasteiger partial charge is 0.491 e. The summed E-state index contributed by atoms with van der Waals surface area (Å²) < 4.78 is 5.78. The molecule has 0 spiro atoms. The van der Waals surface area contributed by atoms with Crippen molar-refractivity contribution in [3.05, 3.63) is 59.7 Å². The lowest BCUT2D eigenvalue weighted by Crippen LogP contribution is -2.11. The number of hydrogen-bond acceptors (Lipinski definition) is 3. The van der Waals surface area contributed by atoms with Crippen LogP contribution in [0.15, 0.2) is 48.5 Å². The number of nitrogens with one attached hydrogen (secondary N) is 1. The maximum Gasteiger partial charge on any atom is 0.248 e. The first-order chi connectivity index (χ1) is 10.1. The Bertz CT molecular complexity index is 624. The Labute approximate surface area is 124 Å². The molecular formula is C17H20N2O2. The van der Waals surface area contributed by atoms with Crippen molar-refractivity contribution in [2.24, 2.45) is 5.73 Å². The fourth-order valence-corrected chi connectivity index (χ4v) is 2.00. The van der Waals surface area contributed by atoms with Crippen LogP contribution in [0.1, 0.15) is 29.8 Å². The summed E-state index contributed by atoms with van der Waals surface area (Å²) in [5.74, 6) is 0.438. The van der Waals surface area contributed by atoms with Gasteiger partial charge in [-0.15, -0.1) is 0 Å². The molecule has 0 aliphatic carbocycles. The van der Waals surface area contributed by atoms with Crippen molar-refractivity contribution in [1.29, 1.82) is 0 Å². The van der Waals surface area contributed by atoms with Gasteiger partial charge in [0.1, 0.15) is 5.75 Å². The van der Waals surface area contributed by atoms with E-state index < -0.39 is 5.91 Å². The van der Waals surface area contributed by atoms with E-state index >= 15 is 0 Å². The van der Waals surface area contributed by atoms with Crippen LogP contribution in [0.3, 0.4) is 0 Å². The number of hydrogen-bond donors (Lipinski definition) is 2. The van der Waals surface area contributed by atoms with Gasteiger partial charge in [0.25, 0.3) is 0 Å². The molecule has 110 valence electrons. The summed E-state index contributed by atoms with van der Waals surface area (Å²) in [6.45, 7) is 4.62. The molecule has 0 radical (unpaired) electrons. The second kappa shape index (κ2) is 6.79. The lowest BCUT2D eigenvalue weighted by molar-refractivity contribution is 0.100. The number of amides is 1. The van der Waals surface area contributed by atoms with E-state index in [9.17, 15) is 4.79 Å². The van der Waals surface area contributed by atoms with Crippen LogP contribution < -0.4 is 15.8 Å². The van der Waals surface area contributed by atoms with Crippen molar-refractivity contribution >= 4 is 11.6 Å². The molecule has 1 amide bonds. The van der Waals surface area contributed by atoms with E-state index in [1.807, 2.05) is 44.2 Å². The number of carbonyl (C=O) groups is 1. The predicted octanol–water partition coefficient (Wildman–Crippen LogP) is 3.18. The van der Waals surface area contributed by atoms with E-state index in [1.54, 1.807) is 18.2 Å². The molecule has 0 aliphatic heterocycles. The minimum atomic E-state index is -0.429. The summed E-state index contributed by atoms with van der Waals surface area (Å²) in [5, 5.41) is 3.28. The monoisotopic (exact) mass is 284 g/mol. The summed E-state index contributed by atoms with van der Waals surface area (Å²) in [5.41, 5.74) is 7.69. The molecule has 3 N–H and O–H groups in total. The molecule has 0 saturated carbocycles. The third-order valence-electron chi connectivity index (χ3n) is 2.97. The highest BCUT2D eigenvalue weighted by Crippen LogP contribution is 2.21. The second-order valence-electron chi connectivity index (χ2n) is 5.07. The van der Waals surface area contributed by atoms with Gasteiger partial charge in [-0.05, 0) is 38.1 Å². The van der Waals surface area contributed by atoms with Gasteiger partial charge < -0.3 is 15.8 Å². The summed E-state index contributed by atoms with van der Waals surface area (Å²) in [6, 6.07) is 15.0. The summed E-state index contributed by atoms with van der Waals surface area (Å²) in [6.07, 6.45) is 0.129. The first kappa shape index (κ1) is 14.9. The Morgan fingerprint density at radius 2 is 1.95 bits per heavy atom. The van der Waals surface area contributed by atoms with Crippen molar-refractivity contribution in [2.75, 3.05) is 5.32 Å². The number of ether oxygens (including phenoxy) is 1. The van der Waals surface area contributed by atoms with Gasteiger partial charge in [0.15, 0.2) is 0 Å². The molecule has 2 rings (SSSR count). The first-order valence-electron chi connectivity index (χ1n) is 6.94. The molecule has 0 heterocycles. The number of nitrogens with two attached hydrogens (primary N) is 1. The Morgan fingerprint density at radius 1 is 1.19 bits per heavy atom. The average molecular weight is 284 g/mol. The number of benzene rings is 2. The summed E-state index contributed by atoms with van der Waals surface area (Å²) in [7, 11) is 0. The molecule has 0 atom stereocenters. The molecule has 4 nitrogen and oxygen atoms in total. The van der Waals surface area contributed by atoms with Crippen molar-refractivity contribution in [1.82, 2.24) is 0 Å². The van der Waals surface area contributed by atoms with Gasteiger partial charge in [-0.2, -0.15) is 0 Å². The molecule has 0 bridgehead atoms. The lowest BCUT2D eigenvalue weighted by Gasteiger charge is -2.15. The van der Waals surface area contributed by atoms with E-state index in [1.165, 1.54) is 0 Å². The average Bonchev–Trinajstić information content (AvgIpc) is 2.46. The van der Waals surface area contributed by atoms with E-state index in [2.05, 4.69) is 5.32 Å². The lowest BCUT2D eigenvalue weighted by atomic mass is 10.1. The second-order valence-corrected chi connectivity index (χ2v) is 5.07. The van der Waals surface area contributed by atoms with Crippen LogP contribution in [-0.2, 0) is 6.54 Å². The molecule has 2 aromatic carbocycles. The van der Waals surface area contributed by atoms with Crippen LogP contribution in [0, 0.1) is 0 Å². The molecule has 21 heavy (non-hydrogen) atoms. The Hall–Kier alpha value is -2.49. The van der Waals surface area contributed by atoms with Gasteiger partial charge in [0.2, 0.25) is 5.91 Å². The van der Waals surface area contributed by atoms with Crippen LogP contribution >= 0.6 is 0 Å². The van der Waals surface area contributed by atoms with Gasteiger partial charge in [-0.25, -0.2) is 0 Å². The molecule has 0 aromatic heterocycles. The summed E-state index contributed by atoms with van der Waals surface area (Å²) in [4.78, 5) is 11.2. The normalized spacial score (nSPS) is 10.4. The third kappa shape index (κ3) is 4.24. The molecule has 0 saturated heterocycles. The van der Waals surface area contributed by atoms with E-state index in [0.717, 1.165) is 17.0 Å². The predicted molar refractivity (Wildman–Crippen MR) is 84.5 cm³/mol. The zero-order valence-corrected chi connectivity index (χ0v) is 12.3. The SMILES string of the molecule is CC(C)Oc1ccccc1CNc1cccc(C(N)=O)c1. The van der Waals surface area contributed by atoms with Crippen molar-refractivity contribution < 1.29 is 9.53 Å². The van der Waals surface area contributed by atoms with E-state index in [-0.39, 0.29) is 6.10 Å². The number of carbonyl (C=O) groups excluding carboxylic acids is 1. The highest BCUT2D eigenvalue weighted by Gasteiger charge is 2.06. The van der Waals surface area contributed by atoms with E-state index in [4.69, 9.17) is 10.5 Å².